The number of benzene rings is 2. The summed E-state index contributed by atoms with van der Waals surface area (Å²) >= 11 is 1.45. The molecule has 0 saturated carbocycles. The predicted molar refractivity (Wildman–Crippen MR) is 146 cm³/mol. The SMILES string of the molecule is CCOC(=O)c1c(NC(=O)c2ccc(O[C@H](C)C(=O)Nc3ccc(C)cc3C)cc2)sc2c1CCCC2. The minimum Gasteiger partial charge on any atom is -0.481 e. The summed E-state index contributed by atoms with van der Waals surface area (Å²) in [4.78, 5) is 39.4. The third kappa shape index (κ3) is 6.20. The Bertz CT molecular complexity index is 1310. The third-order valence-electron chi connectivity index (χ3n) is 6.32. The summed E-state index contributed by atoms with van der Waals surface area (Å²) in [6.45, 7) is 7.67. The zero-order valence-corrected chi connectivity index (χ0v) is 22.4. The van der Waals surface area contributed by atoms with E-state index in [9.17, 15) is 14.4 Å². The first-order valence-electron chi connectivity index (χ1n) is 12.5. The highest BCUT2D eigenvalue weighted by molar-refractivity contribution is 7.17. The minimum atomic E-state index is -0.732. The number of hydrogen-bond acceptors (Lipinski definition) is 6. The zero-order valence-electron chi connectivity index (χ0n) is 21.6. The number of esters is 1. The van der Waals surface area contributed by atoms with Gasteiger partial charge in [0, 0.05) is 16.1 Å². The maximum absolute atomic E-state index is 13.0. The Labute approximate surface area is 221 Å². The van der Waals surface area contributed by atoms with Crippen LogP contribution in [0, 0.1) is 13.8 Å². The highest BCUT2D eigenvalue weighted by atomic mass is 32.1. The summed E-state index contributed by atoms with van der Waals surface area (Å²) in [7, 11) is 0. The summed E-state index contributed by atoms with van der Waals surface area (Å²) < 4.78 is 11.1. The van der Waals surface area contributed by atoms with Crippen molar-refractivity contribution in [3.63, 3.8) is 0 Å². The zero-order chi connectivity index (χ0) is 26.5. The summed E-state index contributed by atoms with van der Waals surface area (Å²) in [5.41, 5.74) is 4.75. The lowest BCUT2D eigenvalue weighted by Crippen LogP contribution is -2.30. The van der Waals surface area contributed by atoms with E-state index in [1.807, 2.05) is 32.0 Å². The third-order valence-corrected chi connectivity index (χ3v) is 7.52. The quantitative estimate of drug-likeness (QED) is 0.351. The smallest absolute Gasteiger partial charge is 0.341 e. The monoisotopic (exact) mass is 520 g/mol. The Balaban J connectivity index is 1.41. The summed E-state index contributed by atoms with van der Waals surface area (Å²) in [6, 6.07) is 12.4. The highest BCUT2D eigenvalue weighted by Crippen LogP contribution is 2.38. The van der Waals surface area contributed by atoms with Gasteiger partial charge in [-0.1, -0.05) is 17.7 Å². The maximum Gasteiger partial charge on any atom is 0.341 e. The van der Waals surface area contributed by atoms with Gasteiger partial charge in [-0.05, 0) is 94.8 Å². The first kappa shape index (κ1) is 26.4. The molecule has 1 heterocycles. The van der Waals surface area contributed by atoms with Gasteiger partial charge in [-0.15, -0.1) is 11.3 Å². The van der Waals surface area contributed by atoms with Crippen molar-refractivity contribution >= 4 is 39.8 Å². The highest BCUT2D eigenvalue weighted by Gasteiger charge is 2.27. The number of anilines is 2. The average Bonchev–Trinajstić information content (AvgIpc) is 3.24. The number of ether oxygens (including phenoxy) is 2. The maximum atomic E-state index is 13.0. The molecule has 1 aliphatic carbocycles. The molecule has 2 aromatic carbocycles. The predicted octanol–water partition coefficient (Wildman–Crippen LogP) is 6.08. The number of hydrogen-bond donors (Lipinski definition) is 2. The van der Waals surface area contributed by atoms with Gasteiger partial charge in [-0.2, -0.15) is 0 Å². The molecule has 8 heteroatoms. The Morgan fingerprint density at radius 3 is 2.43 bits per heavy atom. The van der Waals surface area contributed by atoms with E-state index in [0.717, 1.165) is 52.9 Å². The van der Waals surface area contributed by atoms with Crippen molar-refractivity contribution in [3.8, 4) is 5.75 Å². The van der Waals surface area contributed by atoms with Crippen molar-refractivity contribution in [3.05, 3.63) is 75.2 Å². The van der Waals surface area contributed by atoms with Crippen LogP contribution in [0.4, 0.5) is 10.7 Å². The largest absolute Gasteiger partial charge is 0.481 e. The molecule has 7 nitrogen and oxygen atoms in total. The van der Waals surface area contributed by atoms with Crippen LogP contribution >= 0.6 is 11.3 Å². The first-order chi connectivity index (χ1) is 17.8. The van der Waals surface area contributed by atoms with E-state index in [-0.39, 0.29) is 18.4 Å². The van der Waals surface area contributed by atoms with Gasteiger partial charge in [0.25, 0.3) is 11.8 Å². The number of thiophene rings is 1. The second-order valence-electron chi connectivity index (χ2n) is 9.18. The van der Waals surface area contributed by atoms with Crippen molar-refractivity contribution in [2.24, 2.45) is 0 Å². The molecule has 1 aliphatic rings. The molecule has 1 aromatic heterocycles. The minimum absolute atomic E-state index is 0.262. The Morgan fingerprint density at radius 2 is 1.73 bits per heavy atom. The fourth-order valence-electron chi connectivity index (χ4n) is 4.38. The lowest BCUT2D eigenvalue weighted by atomic mass is 9.95. The van der Waals surface area contributed by atoms with Crippen molar-refractivity contribution in [2.75, 3.05) is 17.2 Å². The van der Waals surface area contributed by atoms with Crippen molar-refractivity contribution < 1.29 is 23.9 Å². The van der Waals surface area contributed by atoms with Crippen molar-refractivity contribution in [1.82, 2.24) is 0 Å². The van der Waals surface area contributed by atoms with Crippen molar-refractivity contribution in [2.45, 2.75) is 59.5 Å². The van der Waals surface area contributed by atoms with E-state index in [1.54, 1.807) is 38.1 Å². The number of rotatable bonds is 8. The first-order valence-corrected chi connectivity index (χ1v) is 13.4. The molecule has 4 rings (SSSR count). The van der Waals surface area contributed by atoms with Crippen LogP contribution in [0.5, 0.6) is 5.75 Å². The Hall–Kier alpha value is -3.65. The van der Waals surface area contributed by atoms with E-state index >= 15 is 0 Å². The number of carbonyl (C=O) groups excluding carboxylic acids is 3. The van der Waals surface area contributed by atoms with Crippen LogP contribution < -0.4 is 15.4 Å². The van der Waals surface area contributed by atoms with Crippen LogP contribution in [0.1, 0.15) is 69.0 Å². The van der Waals surface area contributed by atoms with Gasteiger partial charge in [0.1, 0.15) is 10.8 Å². The Kier molecular flexibility index (Phi) is 8.28. The average molecular weight is 521 g/mol. The number of amides is 2. The lowest BCUT2D eigenvalue weighted by molar-refractivity contribution is -0.122. The fourth-order valence-corrected chi connectivity index (χ4v) is 5.65. The lowest BCUT2D eigenvalue weighted by Gasteiger charge is -2.16. The summed E-state index contributed by atoms with van der Waals surface area (Å²) in [6.07, 6.45) is 3.09. The van der Waals surface area contributed by atoms with E-state index in [1.165, 1.54) is 11.3 Å². The summed E-state index contributed by atoms with van der Waals surface area (Å²) in [5, 5.41) is 6.34. The number of carbonyl (C=O) groups is 3. The van der Waals surface area contributed by atoms with Gasteiger partial charge >= 0.3 is 5.97 Å². The Morgan fingerprint density at radius 1 is 1.00 bits per heavy atom. The van der Waals surface area contributed by atoms with E-state index in [0.29, 0.717) is 21.9 Å². The molecule has 0 spiro atoms. The van der Waals surface area contributed by atoms with E-state index in [2.05, 4.69) is 10.6 Å². The van der Waals surface area contributed by atoms with Gasteiger partial charge in [0.2, 0.25) is 0 Å². The number of fused-ring (bicyclic) bond motifs is 1. The molecule has 0 radical (unpaired) electrons. The summed E-state index contributed by atoms with van der Waals surface area (Å²) in [5.74, 6) is -0.508. The molecule has 3 aromatic rings. The van der Waals surface area contributed by atoms with Gasteiger partial charge in [0.15, 0.2) is 6.10 Å². The van der Waals surface area contributed by atoms with Crippen LogP contribution in [-0.4, -0.2) is 30.5 Å². The molecule has 0 aliphatic heterocycles. The second kappa shape index (κ2) is 11.6. The second-order valence-corrected chi connectivity index (χ2v) is 10.3. The van der Waals surface area contributed by atoms with Gasteiger partial charge in [-0.25, -0.2) is 4.79 Å². The molecule has 0 fully saturated rings. The van der Waals surface area contributed by atoms with Crippen LogP contribution in [0.2, 0.25) is 0 Å². The van der Waals surface area contributed by atoms with Crippen LogP contribution in [-0.2, 0) is 22.4 Å². The number of nitrogens with one attached hydrogen (secondary N) is 2. The van der Waals surface area contributed by atoms with Gasteiger partial charge in [0.05, 0.1) is 12.2 Å². The molecule has 0 bridgehead atoms. The normalized spacial score (nSPS) is 13.3. The molecule has 2 amide bonds. The molecule has 194 valence electrons. The van der Waals surface area contributed by atoms with Crippen LogP contribution in [0.15, 0.2) is 42.5 Å². The van der Waals surface area contributed by atoms with Crippen LogP contribution in [0.25, 0.3) is 0 Å². The standard InChI is InChI=1S/C29H32N2O5S/c1-5-35-29(34)25-22-8-6-7-9-24(22)37-28(25)31-27(33)20-11-13-21(14-12-20)36-19(4)26(32)30-23-15-10-17(2)16-18(23)3/h10-16,19H,5-9H2,1-4H3,(H,30,32)(H,31,33)/t19-/m1/s1. The number of aryl methyl sites for hydroxylation is 3. The molecule has 2 N–H and O–H groups in total. The fraction of sp³-hybridized carbons (Fsp3) is 0.345. The molecule has 1 atom stereocenters. The molecule has 0 unspecified atom stereocenters. The van der Waals surface area contributed by atoms with Gasteiger partial charge < -0.3 is 20.1 Å². The topological polar surface area (TPSA) is 93.7 Å². The molecular formula is C29H32N2O5S. The van der Waals surface area contributed by atoms with Gasteiger partial charge in [-0.3, -0.25) is 9.59 Å². The van der Waals surface area contributed by atoms with E-state index in [4.69, 9.17) is 9.47 Å². The molecular weight excluding hydrogens is 488 g/mol. The van der Waals surface area contributed by atoms with Crippen molar-refractivity contribution in [1.29, 1.82) is 0 Å². The van der Waals surface area contributed by atoms with Crippen LogP contribution in [0.3, 0.4) is 0 Å². The molecule has 37 heavy (non-hydrogen) atoms. The van der Waals surface area contributed by atoms with E-state index < -0.39 is 12.1 Å². The molecule has 0 saturated heterocycles.